The lowest BCUT2D eigenvalue weighted by Gasteiger charge is -2.39. The van der Waals surface area contributed by atoms with Crippen LogP contribution in [0.1, 0.15) is 48.3 Å². The summed E-state index contributed by atoms with van der Waals surface area (Å²) >= 11 is 0. The Morgan fingerprint density at radius 1 is 0.941 bits per heavy atom. The van der Waals surface area contributed by atoms with Crippen molar-refractivity contribution in [3.63, 3.8) is 0 Å². The predicted molar refractivity (Wildman–Crippen MR) is 105 cm³/mol. The number of piperidine rings is 1. The second-order valence-electron chi connectivity index (χ2n) is 9.17. The lowest BCUT2D eigenvalue weighted by atomic mass is 9.77. The number of urea groups is 1. The zero-order valence-electron chi connectivity index (χ0n) is 17.9. The van der Waals surface area contributed by atoms with Gasteiger partial charge in [0.2, 0.25) is 0 Å². The number of aliphatic carboxylic acids is 1. The highest BCUT2D eigenvalue weighted by molar-refractivity contribution is 5.77. The Morgan fingerprint density at radius 3 is 2.24 bits per heavy atom. The summed E-state index contributed by atoms with van der Waals surface area (Å²) in [5, 5.41) is 9.26. The molecule has 2 fully saturated rings. The molecular formula is C22H23F7N2O3. The molecule has 5 nitrogen and oxygen atoms in total. The Bertz CT molecular complexity index is 964. The van der Waals surface area contributed by atoms with E-state index in [1.807, 2.05) is 0 Å². The predicted octanol–water partition coefficient (Wildman–Crippen LogP) is 5.00. The van der Waals surface area contributed by atoms with Crippen molar-refractivity contribution in [2.24, 2.45) is 5.92 Å². The van der Waals surface area contributed by atoms with Crippen molar-refractivity contribution in [2.75, 3.05) is 19.6 Å². The van der Waals surface area contributed by atoms with E-state index in [0.29, 0.717) is 56.5 Å². The van der Waals surface area contributed by atoms with Gasteiger partial charge in [0.1, 0.15) is 0 Å². The van der Waals surface area contributed by atoms with Gasteiger partial charge in [-0.15, -0.1) is 0 Å². The average molecular weight is 496 g/mol. The number of benzene rings is 1. The average Bonchev–Trinajstić information content (AvgIpc) is 3.20. The molecule has 1 aromatic carbocycles. The number of carbonyl (C=O) groups excluding carboxylic acids is 1. The van der Waals surface area contributed by atoms with Crippen molar-refractivity contribution in [2.45, 2.75) is 62.1 Å². The number of halogens is 7. The van der Waals surface area contributed by atoms with E-state index in [9.17, 15) is 45.4 Å². The van der Waals surface area contributed by atoms with Crippen molar-refractivity contribution in [1.82, 2.24) is 9.80 Å². The molecule has 2 saturated heterocycles. The van der Waals surface area contributed by atoms with Gasteiger partial charge in [0.05, 0.1) is 5.92 Å². The highest BCUT2D eigenvalue weighted by atomic mass is 19.4. The number of hydrogen-bond donors (Lipinski definition) is 1. The minimum atomic E-state index is -6.17. The number of carboxylic acid groups (broad SMARTS) is 1. The van der Waals surface area contributed by atoms with E-state index in [4.69, 9.17) is 0 Å². The Hall–Kier alpha value is -2.53. The van der Waals surface area contributed by atoms with Crippen LogP contribution in [-0.4, -0.2) is 64.9 Å². The molecule has 3 aliphatic rings. The van der Waals surface area contributed by atoms with Crippen LogP contribution in [0, 0.1) is 5.92 Å². The minimum absolute atomic E-state index is 0.0927. The molecule has 0 spiro atoms. The maximum atomic E-state index is 14.5. The fourth-order valence-corrected chi connectivity index (χ4v) is 5.53. The molecule has 1 aliphatic carbocycles. The summed E-state index contributed by atoms with van der Waals surface area (Å²) in [5.74, 6) is -1.92. The zero-order valence-corrected chi connectivity index (χ0v) is 17.9. The van der Waals surface area contributed by atoms with E-state index in [-0.39, 0.29) is 36.5 Å². The van der Waals surface area contributed by atoms with Crippen LogP contribution in [0.15, 0.2) is 18.2 Å². The second kappa shape index (κ2) is 8.30. The number of fused-ring (bicyclic) bond motifs is 3. The van der Waals surface area contributed by atoms with E-state index < -0.39 is 35.5 Å². The first kappa shape index (κ1) is 24.6. The van der Waals surface area contributed by atoms with Crippen molar-refractivity contribution < 1.29 is 45.4 Å². The van der Waals surface area contributed by atoms with Crippen molar-refractivity contribution in [3.8, 4) is 0 Å². The molecule has 0 aromatic heterocycles. The maximum Gasteiger partial charge on any atom is 0.435 e. The van der Waals surface area contributed by atoms with Crippen molar-refractivity contribution in [1.29, 1.82) is 0 Å². The number of hydrogen-bond acceptors (Lipinski definition) is 2. The number of likely N-dealkylation sites (tertiary alicyclic amines) is 2. The first-order valence-corrected chi connectivity index (χ1v) is 11.0. The quantitative estimate of drug-likeness (QED) is 0.587. The molecule has 188 valence electrons. The van der Waals surface area contributed by atoms with Gasteiger partial charge in [-0.2, -0.15) is 26.3 Å². The van der Waals surface area contributed by atoms with Crippen LogP contribution >= 0.6 is 0 Å². The summed E-state index contributed by atoms with van der Waals surface area (Å²) in [7, 11) is 0. The third-order valence-corrected chi connectivity index (χ3v) is 7.26. The Balaban J connectivity index is 1.57. The van der Waals surface area contributed by atoms with E-state index in [1.54, 1.807) is 4.90 Å². The van der Waals surface area contributed by atoms with E-state index in [0.717, 1.165) is 6.07 Å². The van der Waals surface area contributed by atoms with Crippen LogP contribution in [0.25, 0.3) is 0 Å². The minimum Gasteiger partial charge on any atom is -0.481 e. The van der Waals surface area contributed by atoms with Crippen LogP contribution in [0.4, 0.5) is 35.5 Å². The smallest absolute Gasteiger partial charge is 0.435 e. The van der Waals surface area contributed by atoms with E-state index >= 15 is 0 Å². The Labute approximate surface area is 190 Å². The summed E-state index contributed by atoms with van der Waals surface area (Å²) < 4.78 is 93.4. The molecule has 2 amide bonds. The highest BCUT2D eigenvalue weighted by Crippen LogP contribution is 2.54. The molecule has 2 aliphatic heterocycles. The number of aryl methyl sites for hydroxylation is 1. The van der Waals surface area contributed by atoms with Crippen LogP contribution in [0.5, 0.6) is 0 Å². The standard InChI is InChI=1S/C22H23F7N2O3/c23-20(21(24,25)26,22(27,28)29)14-4-5-15-12(10-14)3-6-17-16(15)7-9-31(17)19(34)30-8-1-2-13(11-30)18(32)33/h4-5,10,13,16-17H,1-3,6-9,11H2,(H,32,33). The zero-order chi connectivity index (χ0) is 25.1. The first-order chi connectivity index (χ1) is 15.8. The van der Waals surface area contributed by atoms with Crippen LogP contribution in [0.3, 0.4) is 0 Å². The van der Waals surface area contributed by atoms with Gasteiger partial charge in [0, 0.05) is 37.2 Å². The molecule has 0 saturated carbocycles. The summed E-state index contributed by atoms with van der Waals surface area (Å²) in [6, 6.07) is 1.68. The number of carbonyl (C=O) groups is 2. The van der Waals surface area contributed by atoms with Gasteiger partial charge in [-0.25, -0.2) is 9.18 Å². The van der Waals surface area contributed by atoms with Gasteiger partial charge in [0.15, 0.2) is 0 Å². The number of alkyl halides is 7. The summed E-state index contributed by atoms with van der Waals surface area (Å²) in [5.41, 5.74) is -6.24. The van der Waals surface area contributed by atoms with Gasteiger partial charge in [-0.3, -0.25) is 4.79 Å². The molecule has 1 aromatic rings. The lowest BCUT2D eigenvalue weighted by molar-refractivity contribution is -0.348. The molecule has 0 bridgehead atoms. The first-order valence-electron chi connectivity index (χ1n) is 11.0. The van der Waals surface area contributed by atoms with Crippen LogP contribution < -0.4 is 0 Å². The maximum absolute atomic E-state index is 14.5. The molecule has 4 rings (SSSR count). The number of rotatable bonds is 2. The largest absolute Gasteiger partial charge is 0.481 e. The van der Waals surface area contributed by atoms with Gasteiger partial charge in [-0.1, -0.05) is 18.2 Å². The monoisotopic (exact) mass is 496 g/mol. The highest BCUT2D eigenvalue weighted by Gasteiger charge is 2.73. The molecule has 3 atom stereocenters. The number of amides is 2. The third-order valence-electron chi connectivity index (χ3n) is 7.26. The summed E-state index contributed by atoms with van der Waals surface area (Å²) in [6.45, 7) is 0.848. The van der Waals surface area contributed by atoms with Crippen LogP contribution in [-0.2, 0) is 16.9 Å². The van der Waals surface area contributed by atoms with Gasteiger partial charge in [-0.05, 0) is 43.2 Å². The second-order valence-corrected chi connectivity index (χ2v) is 9.17. The normalized spacial score (nSPS) is 25.7. The van der Waals surface area contributed by atoms with Crippen molar-refractivity contribution in [3.05, 3.63) is 34.9 Å². The molecule has 12 heteroatoms. The lowest BCUT2D eigenvalue weighted by Crippen LogP contribution is -2.51. The SMILES string of the molecule is O=C(O)C1CCCN(C(=O)N2CCC3c4ccc(C(F)(C(F)(F)F)C(F)(F)F)cc4CCC32)C1. The van der Waals surface area contributed by atoms with Crippen LogP contribution in [0.2, 0.25) is 0 Å². The van der Waals surface area contributed by atoms with E-state index in [1.165, 1.54) is 4.90 Å². The number of carboxylic acids is 1. The molecule has 2 heterocycles. The Kier molecular flexibility index (Phi) is 6.00. The molecule has 34 heavy (non-hydrogen) atoms. The molecular weight excluding hydrogens is 473 g/mol. The van der Waals surface area contributed by atoms with Gasteiger partial charge in [0.25, 0.3) is 0 Å². The number of nitrogens with zero attached hydrogens (tertiary/aromatic N) is 2. The summed E-state index contributed by atoms with van der Waals surface area (Å²) in [6.07, 6.45) is -10.5. The summed E-state index contributed by atoms with van der Waals surface area (Å²) in [4.78, 5) is 27.5. The fourth-order valence-electron chi connectivity index (χ4n) is 5.53. The van der Waals surface area contributed by atoms with Gasteiger partial charge >= 0.3 is 30.0 Å². The molecule has 3 unspecified atom stereocenters. The third kappa shape index (κ3) is 3.88. The topological polar surface area (TPSA) is 60.9 Å². The Morgan fingerprint density at radius 2 is 1.62 bits per heavy atom. The van der Waals surface area contributed by atoms with E-state index in [2.05, 4.69) is 0 Å². The van der Waals surface area contributed by atoms with Gasteiger partial charge < -0.3 is 14.9 Å². The molecule has 1 N–H and O–H groups in total. The van der Waals surface area contributed by atoms with Crippen molar-refractivity contribution >= 4 is 12.0 Å². The molecule has 0 radical (unpaired) electrons. The fraction of sp³-hybridized carbons (Fsp3) is 0.636.